The molecule has 1 fully saturated rings. The fraction of sp³-hybridized carbons (Fsp3) is 1.00. The molecule has 0 saturated heterocycles. The van der Waals surface area contributed by atoms with E-state index in [0.717, 1.165) is 32.2 Å². The number of hydrogen-bond acceptors (Lipinski definition) is 3. The minimum Gasteiger partial charge on any atom is -0.380 e. The maximum absolute atomic E-state index is 5.54. The second kappa shape index (κ2) is 9.12. The standard InChI is InChI=1S/C18H38N2O/c1-7-18(4,5)15-10-11-16(19-8-2)17(14-15)20(6)12-13-21-9-3/h15-17,19H,7-14H2,1-6H3. The van der Waals surface area contributed by atoms with Crippen molar-refractivity contribution < 1.29 is 4.74 Å². The lowest BCUT2D eigenvalue weighted by Crippen LogP contribution is -2.54. The number of nitrogens with one attached hydrogen (secondary N) is 1. The van der Waals surface area contributed by atoms with Gasteiger partial charge < -0.3 is 10.1 Å². The Morgan fingerprint density at radius 2 is 1.90 bits per heavy atom. The van der Waals surface area contributed by atoms with Gasteiger partial charge in [-0.1, -0.05) is 34.1 Å². The number of likely N-dealkylation sites (N-methyl/N-ethyl adjacent to an activating group) is 2. The van der Waals surface area contributed by atoms with E-state index < -0.39 is 0 Å². The summed E-state index contributed by atoms with van der Waals surface area (Å²) in [6, 6.07) is 1.29. The van der Waals surface area contributed by atoms with E-state index in [1.807, 2.05) is 0 Å². The molecule has 3 unspecified atom stereocenters. The van der Waals surface area contributed by atoms with Gasteiger partial charge in [0, 0.05) is 25.2 Å². The Kier molecular flexibility index (Phi) is 8.22. The van der Waals surface area contributed by atoms with E-state index in [-0.39, 0.29) is 0 Å². The summed E-state index contributed by atoms with van der Waals surface area (Å²) >= 11 is 0. The molecule has 0 aromatic heterocycles. The van der Waals surface area contributed by atoms with E-state index in [2.05, 4.69) is 51.9 Å². The molecule has 1 rings (SSSR count). The van der Waals surface area contributed by atoms with E-state index in [4.69, 9.17) is 4.74 Å². The number of hydrogen-bond donors (Lipinski definition) is 1. The molecule has 1 aliphatic carbocycles. The fourth-order valence-corrected chi connectivity index (χ4v) is 3.65. The molecule has 1 saturated carbocycles. The highest BCUT2D eigenvalue weighted by molar-refractivity contribution is 4.94. The fourth-order valence-electron chi connectivity index (χ4n) is 3.65. The SMILES string of the molecule is CCNC1CCC(C(C)(C)CC)CC1N(C)CCOCC. The van der Waals surface area contributed by atoms with Gasteiger partial charge >= 0.3 is 0 Å². The van der Waals surface area contributed by atoms with E-state index in [9.17, 15) is 0 Å². The number of nitrogens with zero attached hydrogens (tertiary/aromatic N) is 1. The molecule has 1 N–H and O–H groups in total. The van der Waals surface area contributed by atoms with Crippen molar-refractivity contribution in [3.8, 4) is 0 Å². The predicted octanol–water partition coefficient (Wildman–Crippen LogP) is 3.54. The minimum absolute atomic E-state index is 0.468. The lowest BCUT2D eigenvalue weighted by molar-refractivity contribution is 0.0439. The van der Waals surface area contributed by atoms with Crippen LogP contribution < -0.4 is 5.32 Å². The summed E-state index contributed by atoms with van der Waals surface area (Å²) in [5.41, 5.74) is 0.468. The van der Waals surface area contributed by atoms with Crippen LogP contribution in [0, 0.1) is 11.3 Å². The molecule has 0 aliphatic heterocycles. The van der Waals surface area contributed by atoms with Crippen molar-refractivity contribution in [2.45, 2.75) is 72.4 Å². The lowest BCUT2D eigenvalue weighted by Gasteiger charge is -2.46. The third kappa shape index (κ3) is 5.54. The van der Waals surface area contributed by atoms with Gasteiger partial charge in [0.2, 0.25) is 0 Å². The van der Waals surface area contributed by atoms with Crippen molar-refractivity contribution in [3.05, 3.63) is 0 Å². The highest BCUT2D eigenvalue weighted by Crippen LogP contribution is 2.41. The molecule has 1 aliphatic rings. The monoisotopic (exact) mass is 298 g/mol. The Morgan fingerprint density at radius 3 is 2.48 bits per heavy atom. The maximum atomic E-state index is 5.54. The van der Waals surface area contributed by atoms with Crippen LogP contribution >= 0.6 is 0 Å². The zero-order valence-corrected chi connectivity index (χ0v) is 15.2. The van der Waals surface area contributed by atoms with Crippen molar-refractivity contribution in [3.63, 3.8) is 0 Å². The van der Waals surface area contributed by atoms with Crippen LogP contribution in [0.3, 0.4) is 0 Å². The average molecular weight is 299 g/mol. The van der Waals surface area contributed by atoms with Crippen LogP contribution in [-0.2, 0) is 4.74 Å². The maximum Gasteiger partial charge on any atom is 0.0593 e. The molecule has 3 atom stereocenters. The largest absolute Gasteiger partial charge is 0.380 e. The van der Waals surface area contributed by atoms with Crippen LogP contribution in [-0.4, -0.2) is 50.3 Å². The van der Waals surface area contributed by atoms with Crippen molar-refractivity contribution in [2.24, 2.45) is 11.3 Å². The second-order valence-electron chi connectivity index (χ2n) is 7.26. The van der Waals surface area contributed by atoms with Crippen LogP contribution in [0.15, 0.2) is 0 Å². The third-order valence-corrected chi connectivity index (χ3v) is 5.66. The third-order valence-electron chi connectivity index (χ3n) is 5.66. The first kappa shape index (κ1) is 18.9. The van der Waals surface area contributed by atoms with Crippen LogP contribution in [0.4, 0.5) is 0 Å². The van der Waals surface area contributed by atoms with E-state index in [1.54, 1.807) is 0 Å². The zero-order chi connectivity index (χ0) is 15.9. The van der Waals surface area contributed by atoms with Crippen LogP contribution in [0.2, 0.25) is 0 Å². The van der Waals surface area contributed by atoms with Crippen molar-refractivity contribution in [1.82, 2.24) is 10.2 Å². The zero-order valence-electron chi connectivity index (χ0n) is 15.2. The molecular weight excluding hydrogens is 260 g/mol. The van der Waals surface area contributed by atoms with Crippen LogP contribution in [0.1, 0.15) is 60.3 Å². The van der Waals surface area contributed by atoms with Gasteiger partial charge in [-0.15, -0.1) is 0 Å². The molecule has 0 bridgehead atoms. The Hall–Kier alpha value is -0.120. The first-order valence-corrected chi connectivity index (χ1v) is 8.97. The Morgan fingerprint density at radius 1 is 1.19 bits per heavy atom. The summed E-state index contributed by atoms with van der Waals surface area (Å²) in [6.45, 7) is 15.3. The Balaban J connectivity index is 2.67. The first-order valence-electron chi connectivity index (χ1n) is 8.97. The van der Waals surface area contributed by atoms with Gasteiger partial charge in [0.05, 0.1) is 6.61 Å². The first-order chi connectivity index (χ1) is 9.96. The summed E-state index contributed by atoms with van der Waals surface area (Å²) in [7, 11) is 2.27. The highest BCUT2D eigenvalue weighted by atomic mass is 16.5. The van der Waals surface area contributed by atoms with Gasteiger partial charge in [-0.2, -0.15) is 0 Å². The summed E-state index contributed by atoms with van der Waals surface area (Å²) in [5, 5.41) is 3.71. The van der Waals surface area contributed by atoms with Crippen LogP contribution in [0.5, 0.6) is 0 Å². The number of ether oxygens (including phenoxy) is 1. The molecule has 0 radical (unpaired) electrons. The van der Waals surface area contributed by atoms with Gasteiger partial charge in [0.1, 0.15) is 0 Å². The smallest absolute Gasteiger partial charge is 0.0593 e. The minimum atomic E-state index is 0.468. The molecule has 0 aromatic rings. The summed E-state index contributed by atoms with van der Waals surface area (Å²) < 4.78 is 5.54. The van der Waals surface area contributed by atoms with Crippen molar-refractivity contribution in [1.29, 1.82) is 0 Å². The van der Waals surface area contributed by atoms with E-state index >= 15 is 0 Å². The van der Waals surface area contributed by atoms with Gasteiger partial charge in [-0.25, -0.2) is 0 Å². The molecule has 0 amide bonds. The van der Waals surface area contributed by atoms with Gasteiger partial charge in [0.25, 0.3) is 0 Å². The van der Waals surface area contributed by atoms with Crippen molar-refractivity contribution in [2.75, 3.05) is 33.4 Å². The van der Waals surface area contributed by atoms with Crippen LogP contribution in [0.25, 0.3) is 0 Å². The Labute approximate surface area is 132 Å². The molecule has 126 valence electrons. The second-order valence-corrected chi connectivity index (χ2v) is 7.26. The molecular formula is C18H38N2O. The molecule has 3 heteroatoms. The van der Waals surface area contributed by atoms with Gasteiger partial charge in [-0.05, 0) is 51.1 Å². The van der Waals surface area contributed by atoms with E-state index in [1.165, 1.54) is 25.7 Å². The van der Waals surface area contributed by atoms with Gasteiger partial charge in [0.15, 0.2) is 0 Å². The van der Waals surface area contributed by atoms with Gasteiger partial charge in [-0.3, -0.25) is 4.90 Å². The molecule has 21 heavy (non-hydrogen) atoms. The number of rotatable bonds is 9. The highest BCUT2D eigenvalue weighted by Gasteiger charge is 2.38. The average Bonchev–Trinajstić information content (AvgIpc) is 2.48. The summed E-state index contributed by atoms with van der Waals surface area (Å²) in [6.07, 6.45) is 5.28. The summed E-state index contributed by atoms with van der Waals surface area (Å²) in [5.74, 6) is 0.844. The molecule has 0 aromatic carbocycles. The van der Waals surface area contributed by atoms with E-state index in [0.29, 0.717) is 17.5 Å². The lowest BCUT2D eigenvalue weighted by atomic mass is 9.67. The summed E-state index contributed by atoms with van der Waals surface area (Å²) in [4.78, 5) is 2.53. The predicted molar refractivity (Wildman–Crippen MR) is 91.8 cm³/mol. The molecule has 3 nitrogen and oxygen atoms in total. The molecule has 0 spiro atoms. The topological polar surface area (TPSA) is 24.5 Å². The quantitative estimate of drug-likeness (QED) is 0.659. The molecule has 0 heterocycles. The Bertz CT molecular complexity index is 280. The normalized spacial score (nSPS) is 27.3. The van der Waals surface area contributed by atoms with Crippen molar-refractivity contribution >= 4 is 0 Å².